The molecule has 0 aliphatic heterocycles. The standard InChI is InChI=1S/C37H55NO3/c1-32(2)18-20-37(31(40)41)21-19-35(5)26(27(37)22-32)12-13-29-33(3)16-15-30(39)34(4,28(33)14-17-36(29,35)6)24-38-23-25-10-8-7-9-11-25/h7-12,27-30,38-39H,13-24H2,1-6H3,(H,40,41). The maximum absolute atomic E-state index is 12.9. The first-order valence-electron chi connectivity index (χ1n) is 16.6. The number of benzene rings is 1. The van der Waals surface area contributed by atoms with Gasteiger partial charge in [-0.2, -0.15) is 0 Å². The third kappa shape index (κ3) is 4.16. The molecule has 9 unspecified atom stereocenters. The molecule has 5 aliphatic rings. The normalized spacial score (nSPS) is 46.8. The van der Waals surface area contributed by atoms with E-state index in [9.17, 15) is 15.0 Å². The molecule has 41 heavy (non-hydrogen) atoms. The molecular weight excluding hydrogens is 506 g/mol. The van der Waals surface area contributed by atoms with E-state index < -0.39 is 11.4 Å². The topological polar surface area (TPSA) is 69.6 Å². The Bertz CT molecular complexity index is 1210. The number of hydrogen-bond acceptors (Lipinski definition) is 3. The lowest BCUT2D eigenvalue weighted by atomic mass is 9.33. The van der Waals surface area contributed by atoms with Gasteiger partial charge in [0.25, 0.3) is 0 Å². The smallest absolute Gasteiger partial charge is 0.310 e. The van der Waals surface area contributed by atoms with Gasteiger partial charge < -0.3 is 15.5 Å². The molecule has 0 heterocycles. The van der Waals surface area contributed by atoms with Crippen LogP contribution in [-0.2, 0) is 11.3 Å². The molecule has 4 fully saturated rings. The highest BCUT2D eigenvalue weighted by atomic mass is 16.4. The van der Waals surface area contributed by atoms with Crippen molar-refractivity contribution in [3.63, 3.8) is 0 Å². The van der Waals surface area contributed by atoms with Crippen molar-refractivity contribution in [2.45, 2.75) is 118 Å². The maximum Gasteiger partial charge on any atom is 0.310 e. The first-order valence-corrected chi connectivity index (χ1v) is 16.6. The molecule has 9 atom stereocenters. The molecule has 3 N–H and O–H groups in total. The van der Waals surface area contributed by atoms with Gasteiger partial charge in [0.1, 0.15) is 0 Å². The number of aliphatic carboxylic acids is 1. The van der Waals surface area contributed by atoms with E-state index in [2.05, 4.69) is 83.3 Å². The summed E-state index contributed by atoms with van der Waals surface area (Å²) in [7, 11) is 0. The lowest BCUT2D eigenvalue weighted by molar-refractivity contribution is -0.208. The Hall–Kier alpha value is -1.65. The van der Waals surface area contributed by atoms with E-state index in [4.69, 9.17) is 0 Å². The molecule has 6 rings (SSSR count). The summed E-state index contributed by atoms with van der Waals surface area (Å²) in [5.41, 5.74) is 2.59. The molecule has 0 amide bonds. The van der Waals surface area contributed by atoms with Gasteiger partial charge in [0.15, 0.2) is 0 Å². The van der Waals surface area contributed by atoms with Crippen molar-refractivity contribution in [3.8, 4) is 0 Å². The monoisotopic (exact) mass is 561 g/mol. The van der Waals surface area contributed by atoms with Crippen molar-refractivity contribution >= 4 is 5.97 Å². The molecule has 0 radical (unpaired) electrons. The van der Waals surface area contributed by atoms with E-state index in [-0.39, 0.29) is 39.1 Å². The maximum atomic E-state index is 12.9. The molecule has 0 bridgehead atoms. The summed E-state index contributed by atoms with van der Waals surface area (Å²) >= 11 is 0. The Labute approximate surface area is 248 Å². The van der Waals surface area contributed by atoms with Crippen LogP contribution in [0.1, 0.15) is 111 Å². The summed E-state index contributed by atoms with van der Waals surface area (Å²) < 4.78 is 0. The predicted molar refractivity (Wildman–Crippen MR) is 165 cm³/mol. The van der Waals surface area contributed by atoms with Gasteiger partial charge >= 0.3 is 5.97 Å². The Morgan fingerprint density at radius 1 is 0.902 bits per heavy atom. The lowest BCUT2D eigenvalue weighted by Gasteiger charge is -2.71. The third-order valence-electron chi connectivity index (χ3n) is 14.5. The second-order valence-corrected chi connectivity index (χ2v) is 16.8. The minimum absolute atomic E-state index is 0.0406. The van der Waals surface area contributed by atoms with E-state index >= 15 is 0 Å². The largest absolute Gasteiger partial charge is 0.481 e. The summed E-state index contributed by atoms with van der Waals surface area (Å²) in [6, 6.07) is 10.6. The summed E-state index contributed by atoms with van der Waals surface area (Å²) in [6.07, 6.45) is 12.3. The van der Waals surface area contributed by atoms with Crippen molar-refractivity contribution < 1.29 is 15.0 Å². The third-order valence-corrected chi connectivity index (χ3v) is 14.5. The summed E-state index contributed by atoms with van der Waals surface area (Å²) in [5, 5.41) is 25.9. The number of nitrogens with one attached hydrogen (secondary N) is 1. The summed E-state index contributed by atoms with van der Waals surface area (Å²) in [6.45, 7) is 16.4. The van der Waals surface area contributed by atoms with E-state index in [1.165, 1.54) is 17.6 Å². The van der Waals surface area contributed by atoms with Crippen LogP contribution in [0.2, 0.25) is 0 Å². The van der Waals surface area contributed by atoms with Crippen LogP contribution in [0.4, 0.5) is 0 Å². The fourth-order valence-corrected chi connectivity index (χ4v) is 11.7. The molecule has 4 saturated carbocycles. The predicted octanol–water partition coefficient (Wildman–Crippen LogP) is 8.00. The van der Waals surface area contributed by atoms with E-state index in [0.29, 0.717) is 11.8 Å². The molecule has 1 aromatic rings. The van der Waals surface area contributed by atoms with Crippen molar-refractivity contribution in [2.24, 2.45) is 50.2 Å². The summed E-state index contributed by atoms with van der Waals surface area (Å²) in [4.78, 5) is 12.9. The average Bonchev–Trinajstić information content (AvgIpc) is 2.92. The van der Waals surface area contributed by atoms with Crippen LogP contribution >= 0.6 is 0 Å². The quantitative estimate of drug-likeness (QED) is 0.319. The number of rotatable bonds is 5. The van der Waals surface area contributed by atoms with Crippen molar-refractivity contribution in [1.29, 1.82) is 0 Å². The second kappa shape index (κ2) is 9.68. The molecule has 226 valence electrons. The highest BCUT2D eigenvalue weighted by Gasteiger charge is 2.69. The Kier molecular flexibility index (Phi) is 6.95. The van der Waals surface area contributed by atoms with E-state index in [1.807, 2.05) is 0 Å². The Morgan fingerprint density at radius 2 is 1.61 bits per heavy atom. The fraction of sp³-hybridized carbons (Fsp3) is 0.757. The number of allylic oxidation sites excluding steroid dienone is 2. The number of aliphatic hydroxyl groups excluding tert-OH is 1. The lowest BCUT2D eigenvalue weighted by Crippen LogP contribution is -2.66. The Morgan fingerprint density at radius 3 is 2.32 bits per heavy atom. The van der Waals surface area contributed by atoms with Crippen LogP contribution < -0.4 is 5.32 Å². The fourth-order valence-electron chi connectivity index (χ4n) is 11.7. The van der Waals surface area contributed by atoms with Crippen LogP contribution in [0.5, 0.6) is 0 Å². The number of carbonyl (C=O) groups is 1. The van der Waals surface area contributed by atoms with Crippen LogP contribution in [0, 0.1) is 50.2 Å². The summed E-state index contributed by atoms with van der Waals surface area (Å²) in [5.74, 6) is 0.627. The number of fused-ring (bicyclic) bond motifs is 7. The van der Waals surface area contributed by atoms with Gasteiger partial charge in [0, 0.05) is 18.5 Å². The Balaban J connectivity index is 1.32. The first-order chi connectivity index (χ1) is 19.2. The molecule has 1 aromatic carbocycles. The zero-order valence-corrected chi connectivity index (χ0v) is 26.6. The van der Waals surface area contributed by atoms with Gasteiger partial charge in [-0.25, -0.2) is 0 Å². The van der Waals surface area contributed by atoms with Crippen LogP contribution in [0.25, 0.3) is 0 Å². The number of aliphatic hydroxyl groups is 1. The van der Waals surface area contributed by atoms with Gasteiger partial charge in [0.05, 0.1) is 11.5 Å². The number of carboxylic acids is 1. The zero-order chi connectivity index (χ0) is 29.5. The van der Waals surface area contributed by atoms with E-state index in [0.717, 1.165) is 70.9 Å². The molecule has 0 saturated heterocycles. The first kappa shape index (κ1) is 29.4. The molecule has 5 aliphatic carbocycles. The molecule has 4 nitrogen and oxygen atoms in total. The van der Waals surface area contributed by atoms with Gasteiger partial charge in [0.2, 0.25) is 0 Å². The van der Waals surface area contributed by atoms with Gasteiger partial charge in [-0.1, -0.05) is 83.5 Å². The SMILES string of the molecule is CC1(C)CCC2(C(=O)O)CCC3(C)C(=CCC4C5(C)CCC(O)C(C)(CNCc6ccccc6)C5CCC43C)C2C1. The minimum Gasteiger partial charge on any atom is -0.481 e. The highest BCUT2D eigenvalue weighted by Crippen LogP contribution is 2.75. The second-order valence-electron chi connectivity index (χ2n) is 16.8. The van der Waals surface area contributed by atoms with Gasteiger partial charge in [-0.3, -0.25) is 4.79 Å². The van der Waals surface area contributed by atoms with Crippen molar-refractivity contribution in [2.75, 3.05) is 6.54 Å². The minimum atomic E-state index is -0.580. The van der Waals surface area contributed by atoms with Crippen LogP contribution in [0.15, 0.2) is 42.0 Å². The van der Waals surface area contributed by atoms with Crippen molar-refractivity contribution in [1.82, 2.24) is 5.32 Å². The molecule has 4 heteroatoms. The average molecular weight is 562 g/mol. The zero-order valence-electron chi connectivity index (χ0n) is 26.6. The molecule has 0 spiro atoms. The van der Waals surface area contributed by atoms with Crippen LogP contribution in [0.3, 0.4) is 0 Å². The number of hydrogen-bond donors (Lipinski definition) is 3. The van der Waals surface area contributed by atoms with Crippen molar-refractivity contribution in [3.05, 3.63) is 47.5 Å². The highest BCUT2D eigenvalue weighted by molar-refractivity contribution is 5.76. The molecule has 0 aromatic heterocycles. The van der Waals surface area contributed by atoms with Crippen LogP contribution in [-0.4, -0.2) is 28.8 Å². The van der Waals surface area contributed by atoms with E-state index in [1.54, 1.807) is 0 Å². The van der Waals surface area contributed by atoms with Gasteiger partial charge in [-0.05, 0) is 109 Å². The van der Waals surface area contributed by atoms with Gasteiger partial charge in [-0.15, -0.1) is 0 Å². The number of carboxylic acid groups (broad SMARTS) is 1. The molecular formula is C37H55NO3.